The maximum Gasteiger partial charge on any atom is 0.272 e. The van der Waals surface area contributed by atoms with Crippen molar-refractivity contribution in [2.45, 2.75) is 58.4 Å². The zero-order chi connectivity index (χ0) is 20.5. The smallest absolute Gasteiger partial charge is 0.272 e. The van der Waals surface area contributed by atoms with E-state index in [9.17, 15) is 4.79 Å². The van der Waals surface area contributed by atoms with Gasteiger partial charge in [0, 0.05) is 29.9 Å². The maximum absolute atomic E-state index is 12.9. The number of H-pyrrole nitrogens is 1. The SMILES string of the molecule is Cc1cc(-c2[nH]nc(C(=O)NCC3CCC(N)CC3)c2C(C)C)cn2ncnc12. The number of nitrogens with two attached hydrogens (primary N) is 1. The normalized spacial score (nSPS) is 19.8. The molecule has 3 aromatic heterocycles. The molecule has 8 heteroatoms. The Morgan fingerprint density at radius 1 is 1.34 bits per heavy atom. The second-order valence-electron chi connectivity index (χ2n) is 8.45. The van der Waals surface area contributed by atoms with Gasteiger partial charge in [0.1, 0.15) is 6.33 Å². The van der Waals surface area contributed by atoms with Crippen LogP contribution in [-0.2, 0) is 0 Å². The Balaban J connectivity index is 1.58. The first-order valence-electron chi connectivity index (χ1n) is 10.4. The quantitative estimate of drug-likeness (QED) is 0.615. The van der Waals surface area contributed by atoms with Gasteiger partial charge in [-0.3, -0.25) is 9.89 Å². The van der Waals surface area contributed by atoms with Crippen LogP contribution >= 0.6 is 0 Å². The third-order valence-corrected chi connectivity index (χ3v) is 5.89. The van der Waals surface area contributed by atoms with Gasteiger partial charge in [0.2, 0.25) is 0 Å². The molecule has 3 heterocycles. The van der Waals surface area contributed by atoms with E-state index in [4.69, 9.17) is 5.73 Å². The van der Waals surface area contributed by atoms with Crippen LogP contribution in [0.15, 0.2) is 18.6 Å². The van der Waals surface area contributed by atoms with Crippen molar-refractivity contribution in [3.8, 4) is 11.3 Å². The first kappa shape index (κ1) is 19.6. The monoisotopic (exact) mass is 395 g/mol. The molecule has 0 saturated heterocycles. The van der Waals surface area contributed by atoms with E-state index in [0.29, 0.717) is 24.2 Å². The van der Waals surface area contributed by atoms with E-state index in [1.807, 2.05) is 13.1 Å². The van der Waals surface area contributed by atoms with Crippen LogP contribution in [0.5, 0.6) is 0 Å². The summed E-state index contributed by atoms with van der Waals surface area (Å²) < 4.78 is 1.75. The number of rotatable bonds is 5. The second-order valence-corrected chi connectivity index (χ2v) is 8.45. The summed E-state index contributed by atoms with van der Waals surface area (Å²) in [6.07, 6.45) is 7.67. The molecule has 4 N–H and O–H groups in total. The van der Waals surface area contributed by atoms with E-state index < -0.39 is 0 Å². The Labute approximate surface area is 170 Å². The molecule has 4 rings (SSSR count). The van der Waals surface area contributed by atoms with Crippen LogP contribution in [0.25, 0.3) is 16.9 Å². The van der Waals surface area contributed by atoms with Gasteiger partial charge in [-0.2, -0.15) is 10.2 Å². The average Bonchev–Trinajstić information content (AvgIpc) is 3.34. The highest BCUT2D eigenvalue weighted by Crippen LogP contribution is 2.31. The summed E-state index contributed by atoms with van der Waals surface area (Å²) in [4.78, 5) is 17.2. The molecule has 0 atom stereocenters. The zero-order valence-electron chi connectivity index (χ0n) is 17.3. The van der Waals surface area contributed by atoms with E-state index in [2.05, 4.69) is 45.5 Å². The van der Waals surface area contributed by atoms with Crippen LogP contribution in [-0.4, -0.2) is 43.3 Å². The molecule has 3 aromatic rings. The van der Waals surface area contributed by atoms with Crippen LogP contribution in [0.4, 0.5) is 0 Å². The van der Waals surface area contributed by atoms with Crippen molar-refractivity contribution in [3.63, 3.8) is 0 Å². The number of carbonyl (C=O) groups is 1. The highest BCUT2D eigenvalue weighted by molar-refractivity contribution is 5.95. The number of carbonyl (C=O) groups excluding carboxylic acids is 1. The number of aryl methyl sites for hydroxylation is 1. The Bertz CT molecular complexity index is 1010. The Morgan fingerprint density at radius 2 is 2.10 bits per heavy atom. The lowest BCUT2D eigenvalue weighted by molar-refractivity contribution is 0.0936. The van der Waals surface area contributed by atoms with Crippen molar-refractivity contribution in [1.82, 2.24) is 30.1 Å². The predicted octanol–water partition coefficient (Wildman–Crippen LogP) is 2.80. The molecule has 0 aromatic carbocycles. The number of aromatic amines is 1. The van der Waals surface area contributed by atoms with Crippen molar-refractivity contribution in [2.24, 2.45) is 11.7 Å². The lowest BCUT2D eigenvalue weighted by atomic mass is 9.86. The number of pyridine rings is 1. The fourth-order valence-corrected chi connectivity index (χ4v) is 4.25. The lowest BCUT2D eigenvalue weighted by Gasteiger charge is -2.26. The maximum atomic E-state index is 12.9. The van der Waals surface area contributed by atoms with Crippen LogP contribution in [0.3, 0.4) is 0 Å². The predicted molar refractivity (Wildman–Crippen MR) is 112 cm³/mol. The van der Waals surface area contributed by atoms with Crippen molar-refractivity contribution in [1.29, 1.82) is 0 Å². The van der Waals surface area contributed by atoms with Gasteiger partial charge in [-0.05, 0) is 56.1 Å². The third-order valence-electron chi connectivity index (χ3n) is 5.89. The van der Waals surface area contributed by atoms with Crippen molar-refractivity contribution in [2.75, 3.05) is 6.54 Å². The van der Waals surface area contributed by atoms with Crippen LogP contribution < -0.4 is 11.1 Å². The Morgan fingerprint density at radius 3 is 2.83 bits per heavy atom. The average molecular weight is 396 g/mol. The van der Waals surface area contributed by atoms with Crippen molar-refractivity contribution >= 4 is 11.6 Å². The Kier molecular flexibility index (Phi) is 5.36. The van der Waals surface area contributed by atoms with E-state index in [1.165, 1.54) is 0 Å². The number of fused-ring (bicyclic) bond motifs is 1. The molecular formula is C21H29N7O. The summed E-state index contributed by atoms with van der Waals surface area (Å²) in [6, 6.07) is 2.37. The largest absolute Gasteiger partial charge is 0.350 e. The topological polar surface area (TPSA) is 114 Å². The number of aromatic nitrogens is 5. The summed E-state index contributed by atoms with van der Waals surface area (Å²) in [5.41, 5.74) is 11.0. The molecule has 0 aliphatic heterocycles. The molecule has 1 fully saturated rings. The van der Waals surface area contributed by atoms with E-state index in [-0.39, 0.29) is 11.8 Å². The molecule has 0 radical (unpaired) electrons. The first-order valence-corrected chi connectivity index (χ1v) is 10.4. The lowest BCUT2D eigenvalue weighted by Crippen LogP contribution is -2.34. The van der Waals surface area contributed by atoms with E-state index in [1.54, 1.807) is 10.8 Å². The third kappa shape index (κ3) is 3.89. The number of hydrogen-bond acceptors (Lipinski definition) is 5. The fourth-order valence-electron chi connectivity index (χ4n) is 4.25. The molecule has 154 valence electrons. The van der Waals surface area contributed by atoms with E-state index >= 15 is 0 Å². The van der Waals surface area contributed by atoms with Crippen molar-refractivity contribution < 1.29 is 4.79 Å². The van der Waals surface area contributed by atoms with Crippen molar-refractivity contribution in [3.05, 3.63) is 35.4 Å². The summed E-state index contributed by atoms with van der Waals surface area (Å²) in [6.45, 7) is 6.83. The van der Waals surface area contributed by atoms with Gasteiger partial charge in [-0.1, -0.05) is 13.8 Å². The molecule has 1 saturated carbocycles. The number of amides is 1. The minimum absolute atomic E-state index is 0.121. The fraction of sp³-hybridized carbons (Fsp3) is 0.524. The standard InChI is InChI=1S/C21H29N7O/c1-12(2)17-18(15-8-13(3)20-24-11-25-28(20)10-15)26-27-19(17)21(29)23-9-14-4-6-16(22)7-5-14/h8,10-12,14,16H,4-7,9,22H2,1-3H3,(H,23,29)(H,26,27). The molecule has 0 spiro atoms. The summed E-state index contributed by atoms with van der Waals surface area (Å²) in [5.74, 6) is 0.519. The van der Waals surface area contributed by atoms with Gasteiger partial charge in [0.15, 0.2) is 11.3 Å². The van der Waals surface area contributed by atoms with Gasteiger partial charge < -0.3 is 11.1 Å². The molecular weight excluding hydrogens is 366 g/mol. The van der Waals surface area contributed by atoms with Crippen LogP contribution in [0, 0.1) is 12.8 Å². The number of nitrogens with zero attached hydrogens (tertiary/aromatic N) is 4. The molecule has 0 bridgehead atoms. The van der Waals surface area contributed by atoms with Gasteiger partial charge in [-0.15, -0.1) is 0 Å². The molecule has 1 aliphatic rings. The molecule has 0 unspecified atom stereocenters. The van der Waals surface area contributed by atoms with Crippen LogP contribution in [0.1, 0.15) is 67.1 Å². The first-order chi connectivity index (χ1) is 13.9. The summed E-state index contributed by atoms with van der Waals surface area (Å²) in [7, 11) is 0. The second kappa shape index (κ2) is 7.94. The highest BCUT2D eigenvalue weighted by Gasteiger charge is 2.25. The Hall–Kier alpha value is -2.74. The van der Waals surface area contributed by atoms with Gasteiger partial charge in [0.05, 0.1) is 5.69 Å². The van der Waals surface area contributed by atoms with Gasteiger partial charge in [0.25, 0.3) is 5.91 Å². The minimum Gasteiger partial charge on any atom is -0.350 e. The van der Waals surface area contributed by atoms with E-state index in [0.717, 1.165) is 53.7 Å². The summed E-state index contributed by atoms with van der Waals surface area (Å²) >= 11 is 0. The molecule has 8 nitrogen and oxygen atoms in total. The molecule has 1 amide bonds. The molecule has 29 heavy (non-hydrogen) atoms. The van der Waals surface area contributed by atoms with Gasteiger partial charge >= 0.3 is 0 Å². The minimum atomic E-state index is -0.121. The highest BCUT2D eigenvalue weighted by atomic mass is 16.1. The number of nitrogens with one attached hydrogen (secondary N) is 2. The van der Waals surface area contributed by atoms with Gasteiger partial charge in [-0.25, -0.2) is 9.50 Å². The zero-order valence-corrected chi connectivity index (χ0v) is 17.3. The number of hydrogen-bond donors (Lipinski definition) is 3. The summed E-state index contributed by atoms with van der Waals surface area (Å²) in [5, 5.41) is 14.8. The molecule has 1 aliphatic carbocycles. The van der Waals surface area contributed by atoms with Crippen LogP contribution in [0.2, 0.25) is 0 Å².